The number of halogens is 2. The largest absolute Gasteiger partial charge is 0.435 e. The van der Waals surface area contributed by atoms with Gasteiger partial charge in [-0.05, 0) is 38.1 Å². The number of rotatable bonds is 6. The van der Waals surface area contributed by atoms with Crippen molar-refractivity contribution >= 4 is 10.0 Å². The topological polar surface area (TPSA) is 86.1 Å². The molecule has 0 fully saturated rings. The minimum Gasteiger partial charge on any atom is -0.435 e. The van der Waals surface area contributed by atoms with Crippen molar-refractivity contribution in [1.82, 2.24) is 19.7 Å². The third-order valence-corrected chi connectivity index (χ3v) is 4.66. The van der Waals surface area contributed by atoms with Gasteiger partial charge in [0.05, 0.1) is 16.6 Å². The molecule has 0 spiro atoms. The Labute approximate surface area is 132 Å². The van der Waals surface area contributed by atoms with Crippen LogP contribution in [0.2, 0.25) is 0 Å². The van der Waals surface area contributed by atoms with Gasteiger partial charge < -0.3 is 4.74 Å². The van der Waals surface area contributed by atoms with Crippen LogP contribution in [0.5, 0.6) is 5.75 Å². The Morgan fingerprint density at radius 3 is 2.35 bits per heavy atom. The zero-order valence-electron chi connectivity index (χ0n) is 12.7. The summed E-state index contributed by atoms with van der Waals surface area (Å²) in [4.78, 5) is -0.0731. The molecule has 2 aromatic rings. The average Bonchev–Trinajstić information content (AvgIpc) is 2.85. The maximum absolute atomic E-state index is 12.4. The highest BCUT2D eigenvalue weighted by Crippen LogP contribution is 2.23. The van der Waals surface area contributed by atoms with E-state index in [-0.39, 0.29) is 10.6 Å². The van der Waals surface area contributed by atoms with Crippen LogP contribution in [0.3, 0.4) is 0 Å². The molecule has 1 aromatic heterocycles. The number of nitrogens with zero attached hydrogens (tertiary/aromatic N) is 3. The van der Waals surface area contributed by atoms with E-state index in [9.17, 15) is 17.2 Å². The van der Waals surface area contributed by atoms with Gasteiger partial charge in [-0.2, -0.15) is 13.5 Å². The van der Waals surface area contributed by atoms with Gasteiger partial charge in [0, 0.05) is 7.05 Å². The van der Waals surface area contributed by atoms with E-state index in [0.29, 0.717) is 5.69 Å². The number of alkyl halides is 2. The second-order valence-corrected chi connectivity index (χ2v) is 7.04. The lowest BCUT2D eigenvalue weighted by atomic mass is 10.0. The van der Waals surface area contributed by atoms with Crippen LogP contribution in [-0.4, -0.2) is 30.0 Å². The Kier molecular flexibility index (Phi) is 4.66. The number of sulfonamides is 1. The zero-order chi connectivity index (χ0) is 17.3. The molecule has 1 N–H and O–H groups in total. The van der Waals surface area contributed by atoms with Crippen molar-refractivity contribution in [2.45, 2.75) is 30.9 Å². The molecule has 0 saturated carbocycles. The van der Waals surface area contributed by atoms with Crippen molar-refractivity contribution in [3.8, 4) is 5.75 Å². The van der Waals surface area contributed by atoms with Crippen LogP contribution in [-0.2, 0) is 22.6 Å². The van der Waals surface area contributed by atoms with E-state index in [1.54, 1.807) is 27.1 Å². The molecule has 2 rings (SSSR count). The Morgan fingerprint density at radius 2 is 1.87 bits per heavy atom. The van der Waals surface area contributed by atoms with Crippen LogP contribution in [0.4, 0.5) is 8.78 Å². The molecule has 0 bridgehead atoms. The molecule has 0 aliphatic rings. The van der Waals surface area contributed by atoms with E-state index < -0.39 is 22.2 Å². The van der Waals surface area contributed by atoms with Crippen molar-refractivity contribution in [1.29, 1.82) is 0 Å². The van der Waals surface area contributed by atoms with Crippen LogP contribution in [0.25, 0.3) is 0 Å². The van der Waals surface area contributed by atoms with Crippen LogP contribution in [0, 0.1) is 0 Å². The summed E-state index contributed by atoms with van der Waals surface area (Å²) >= 11 is 0. The Morgan fingerprint density at radius 1 is 1.26 bits per heavy atom. The molecule has 0 amide bonds. The van der Waals surface area contributed by atoms with E-state index in [4.69, 9.17) is 0 Å². The highest BCUT2D eigenvalue weighted by molar-refractivity contribution is 7.89. The van der Waals surface area contributed by atoms with Crippen LogP contribution >= 0.6 is 0 Å². The van der Waals surface area contributed by atoms with Gasteiger partial charge in [-0.25, -0.2) is 8.42 Å². The normalized spacial score (nSPS) is 12.6. The fourth-order valence-electron chi connectivity index (χ4n) is 1.88. The fraction of sp³-hybridized carbons (Fsp3) is 0.385. The summed E-state index contributed by atoms with van der Waals surface area (Å²) in [6.07, 6.45) is 1.60. The quantitative estimate of drug-likeness (QED) is 0.859. The molecule has 0 radical (unpaired) electrons. The lowest BCUT2D eigenvalue weighted by Crippen LogP contribution is -2.41. The maximum atomic E-state index is 12.4. The molecule has 0 aliphatic carbocycles. The summed E-state index contributed by atoms with van der Waals surface area (Å²) in [6.45, 7) is 0.317. The summed E-state index contributed by atoms with van der Waals surface area (Å²) in [5, 5.41) is 7.66. The predicted octanol–water partition coefficient (Wildman–Crippen LogP) is 1.63. The van der Waals surface area contributed by atoms with Gasteiger partial charge in [0.1, 0.15) is 11.4 Å². The molecule has 23 heavy (non-hydrogen) atoms. The van der Waals surface area contributed by atoms with Gasteiger partial charge in [-0.1, -0.05) is 5.21 Å². The van der Waals surface area contributed by atoms with Crippen molar-refractivity contribution < 1.29 is 21.9 Å². The first kappa shape index (κ1) is 17.3. The summed E-state index contributed by atoms with van der Waals surface area (Å²) in [5.74, 6) is -0.118. The van der Waals surface area contributed by atoms with E-state index >= 15 is 0 Å². The maximum Gasteiger partial charge on any atom is 0.387 e. The molecular formula is C13H16F2N4O3S. The number of nitrogens with one attached hydrogen (secondary N) is 1. The third kappa shape index (κ3) is 4.23. The molecule has 7 nitrogen and oxygen atoms in total. The molecule has 0 atom stereocenters. The number of benzene rings is 1. The van der Waals surface area contributed by atoms with Gasteiger partial charge in [0.25, 0.3) is 0 Å². The highest BCUT2D eigenvalue weighted by atomic mass is 32.2. The highest BCUT2D eigenvalue weighted by Gasteiger charge is 2.30. The zero-order valence-corrected chi connectivity index (χ0v) is 13.5. The summed E-state index contributed by atoms with van der Waals surface area (Å²) in [5.41, 5.74) is -0.549. The van der Waals surface area contributed by atoms with Crippen LogP contribution in [0.15, 0.2) is 35.4 Å². The number of hydrogen-bond acceptors (Lipinski definition) is 5. The lowest BCUT2D eigenvalue weighted by Gasteiger charge is -2.23. The average molecular weight is 346 g/mol. The van der Waals surface area contributed by atoms with Crippen molar-refractivity contribution in [3.63, 3.8) is 0 Å². The SMILES string of the molecule is Cn1cc(C(C)(C)NS(=O)(=O)c2ccc(OC(F)F)cc2)nn1. The smallest absolute Gasteiger partial charge is 0.387 e. The fourth-order valence-corrected chi connectivity index (χ4v) is 3.27. The summed E-state index contributed by atoms with van der Waals surface area (Å²) < 4.78 is 57.2. The van der Waals surface area contributed by atoms with E-state index in [2.05, 4.69) is 19.8 Å². The number of ether oxygens (including phenoxy) is 1. The third-order valence-electron chi connectivity index (χ3n) is 2.99. The molecule has 1 aromatic carbocycles. The minimum atomic E-state index is -3.87. The molecule has 0 unspecified atom stereocenters. The van der Waals surface area contributed by atoms with Crippen LogP contribution < -0.4 is 9.46 Å². The Bertz CT molecular complexity index is 773. The molecule has 0 saturated heterocycles. The van der Waals surface area contributed by atoms with Crippen molar-refractivity contribution in [2.75, 3.05) is 0 Å². The van der Waals surface area contributed by atoms with Crippen molar-refractivity contribution in [3.05, 3.63) is 36.2 Å². The van der Waals surface area contributed by atoms with E-state index in [0.717, 1.165) is 12.1 Å². The minimum absolute atomic E-state index is 0.0731. The molecule has 10 heteroatoms. The number of hydrogen-bond donors (Lipinski definition) is 1. The number of aromatic nitrogens is 3. The molecule has 1 heterocycles. The monoisotopic (exact) mass is 346 g/mol. The van der Waals surface area contributed by atoms with Crippen LogP contribution in [0.1, 0.15) is 19.5 Å². The summed E-state index contributed by atoms with van der Waals surface area (Å²) in [6, 6.07) is 4.70. The van der Waals surface area contributed by atoms with Crippen molar-refractivity contribution in [2.24, 2.45) is 7.05 Å². The molecule has 126 valence electrons. The predicted molar refractivity (Wildman–Crippen MR) is 77.4 cm³/mol. The Hall–Kier alpha value is -2.07. The first-order chi connectivity index (χ1) is 10.6. The molecule has 0 aliphatic heterocycles. The van der Waals surface area contributed by atoms with E-state index in [1.165, 1.54) is 16.8 Å². The van der Waals surface area contributed by atoms with Gasteiger partial charge in [0.2, 0.25) is 10.0 Å². The van der Waals surface area contributed by atoms with Gasteiger partial charge in [-0.15, -0.1) is 5.10 Å². The van der Waals surface area contributed by atoms with Gasteiger partial charge in [-0.3, -0.25) is 4.68 Å². The second-order valence-electron chi connectivity index (χ2n) is 5.36. The van der Waals surface area contributed by atoms with Gasteiger partial charge in [0.15, 0.2) is 0 Å². The Balaban J connectivity index is 2.21. The second kappa shape index (κ2) is 6.20. The first-order valence-corrected chi connectivity index (χ1v) is 8.04. The van der Waals surface area contributed by atoms with E-state index in [1.807, 2.05) is 0 Å². The first-order valence-electron chi connectivity index (χ1n) is 6.56. The lowest BCUT2D eigenvalue weighted by molar-refractivity contribution is -0.0498. The standard InChI is InChI=1S/C13H16F2N4O3S/c1-13(2,11-8-19(3)18-16-11)17-23(20,21)10-6-4-9(5-7-10)22-12(14)15/h4-8,12,17H,1-3H3. The van der Waals surface area contributed by atoms with Gasteiger partial charge >= 0.3 is 6.61 Å². The number of aryl methyl sites for hydroxylation is 1. The summed E-state index contributed by atoms with van der Waals surface area (Å²) in [7, 11) is -2.20. The molecular weight excluding hydrogens is 330 g/mol.